The van der Waals surface area contributed by atoms with Crippen LogP contribution in [-0.2, 0) is 5.54 Å². The largest absolute Gasteiger partial charge is 0.459 e. The summed E-state index contributed by atoms with van der Waals surface area (Å²) in [6.45, 7) is 14.4. The Morgan fingerprint density at radius 1 is 0.939 bits per heavy atom. The number of piperazine rings is 1. The molecule has 0 N–H and O–H groups in total. The summed E-state index contributed by atoms with van der Waals surface area (Å²) in [4.78, 5) is 4.94. The van der Waals surface area contributed by atoms with E-state index in [1.807, 2.05) is 22.9 Å². The van der Waals surface area contributed by atoms with Crippen molar-refractivity contribution in [2.45, 2.75) is 46.2 Å². The summed E-state index contributed by atoms with van der Waals surface area (Å²) in [5, 5.41) is 14.0. The average Bonchev–Trinajstić information content (AvgIpc) is 3.43. The molecule has 2 aromatic carbocycles. The molecule has 1 atom stereocenters. The second kappa shape index (κ2) is 8.30. The van der Waals surface area contributed by atoms with Gasteiger partial charge in [0.1, 0.15) is 17.4 Å². The van der Waals surface area contributed by atoms with Gasteiger partial charge < -0.3 is 9.32 Å². The second-order valence-corrected chi connectivity index (χ2v) is 10.0. The molecule has 0 amide bonds. The van der Waals surface area contributed by atoms with Gasteiger partial charge in [0.25, 0.3) is 0 Å². The van der Waals surface area contributed by atoms with E-state index in [0.29, 0.717) is 0 Å². The Kier molecular flexibility index (Phi) is 5.44. The van der Waals surface area contributed by atoms with Crippen LogP contribution in [-0.4, -0.2) is 51.3 Å². The molecule has 172 valence electrons. The molecule has 7 nitrogen and oxygen atoms in total. The van der Waals surface area contributed by atoms with Gasteiger partial charge >= 0.3 is 0 Å². The lowest BCUT2D eigenvalue weighted by atomic mass is 10.1. The second-order valence-electron chi connectivity index (χ2n) is 10.0. The number of para-hydroxylation sites is 1. The van der Waals surface area contributed by atoms with Crippen molar-refractivity contribution < 1.29 is 4.42 Å². The number of rotatable bonds is 4. The van der Waals surface area contributed by atoms with E-state index in [0.717, 1.165) is 48.7 Å². The average molecular weight is 445 g/mol. The number of benzene rings is 2. The van der Waals surface area contributed by atoms with Crippen LogP contribution in [0.2, 0.25) is 0 Å². The zero-order chi connectivity index (χ0) is 23.2. The number of tetrazole rings is 1. The van der Waals surface area contributed by atoms with Crippen molar-refractivity contribution >= 4 is 16.7 Å². The Bertz CT molecular complexity index is 1230. The highest BCUT2D eigenvalue weighted by Crippen LogP contribution is 2.34. The third-order valence-electron chi connectivity index (χ3n) is 6.47. The number of aryl methyl sites for hydroxylation is 2. The molecule has 1 saturated heterocycles. The Balaban J connectivity index is 1.49. The summed E-state index contributed by atoms with van der Waals surface area (Å²) in [6.07, 6.45) is 0. The normalized spacial score (nSPS) is 16.5. The number of fused-ring (bicyclic) bond motifs is 1. The van der Waals surface area contributed by atoms with Crippen LogP contribution in [0.5, 0.6) is 0 Å². The van der Waals surface area contributed by atoms with Crippen molar-refractivity contribution in [2.24, 2.45) is 0 Å². The number of anilines is 1. The maximum Gasteiger partial charge on any atom is 0.176 e. The maximum absolute atomic E-state index is 6.36. The smallest absolute Gasteiger partial charge is 0.176 e. The number of hydrogen-bond acceptors (Lipinski definition) is 6. The number of furan rings is 1. The minimum atomic E-state index is -0.233. The molecule has 3 heterocycles. The summed E-state index contributed by atoms with van der Waals surface area (Å²) in [6, 6.07) is 16.8. The fourth-order valence-electron chi connectivity index (χ4n) is 4.73. The topological polar surface area (TPSA) is 63.2 Å². The molecule has 1 unspecified atom stereocenters. The predicted molar refractivity (Wildman–Crippen MR) is 131 cm³/mol. The molecule has 1 aliphatic rings. The van der Waals surface area contributed by atoms with E-state index < -0.39 is 0 Å². The zero-order valence-electron chi connectivity index (χ0n) is 20.1. The minimum absolute atomic E-state index is 0.146. The molecular formula is C26H32N6O. The van der Waals surface area contributed by atoms with Crippen molar-refractivity contribution in [3.8, 4) is 0 Å². The standard InChI is InChI=1S/C26H32N6O/c1-18-10-11-19(2)21(16-18)30-12-14-31(15-13-30)24(25-27-28-29-32(25)26(3,4)5)23-17-20-8-6-7-9-22(20)33-23/h6-11,16-17,24H,12-15H2,1-5H3. The quantitative estimate of drug-likeness (QED) is 0.455. The third-order valence-corrected chi connectivity index (χ3v) is 6.47. The zero-order valence-corrected chi connectivity index (χ0v) is 20.1. The monoisotopic (exact) mass is 444 g/mol. The van der Waals surface area contributed by atoms with Crippen molar-refractivity contribution in [3.05, 3.63) is 71.2 Å². The van der Waals surface area contributed by atoms with Gasteiger partial charge in [0.2, 0.25) is 0 Å². The lowest BCUT2D eigenvalue weighted by molar-refractivity contribution is 0.174. The van der Waals surface area contributed by atoms with E-state index in [-0.39, 0.29) is 11.6 Å². The van der Waals surface area contributed by atoms with E-state index in [1.165, 1.54) is 16.8 Å². The van der Waals surface area contributed by atoms with Crippen molar-refractivity contribution in [1.29, 1.82) is 0 Å². The third kappa shape index (κ3) is 4.13. The molecule has 0 saturated carbocycles. The first-order chi connectivity index (χ1) is 15.8. The molecule has 0 aliphatic carbocycles. The van der Waals surface area contributed by atoms with E-state index in [9.17, 15) is 0 Å². The maximum atomic E-state index is 6.36. The van der Waals surface area contributed by atoms with Gasteiger partial charge in [-0.2, -0.15) is 0 Å². The molecular weight excluding hydrogens is 412 g/mol. The van der Waals surface area contributed by atoms with Crippen LogP contribution >= 0.6 is 0 Å². The summed E-state index contributed by atoms with van der Waals surface area (Å²) < 4.78 is 8.29. The molecule has 33 heavy (non-hydrogen) atoms. The van der Waals surface area contributed by atoms with E-state index in [1.54, 1.807) is 0 Å². The molecule has 0 spiro atoms. The highest BCUT2D eigenvalue weighted by Gasteiger charge is 2.35. The van der Waals surface area contributed by atoms with E-state index >= 15 is 0 Å². The molecule has 1 fully saturated rings. The minimum Gasteiger partial charge on any atom is -0.459 e. The summed E-state index contributed by atoms with van der Waals surface area (Å²) in [5.41, 5.74) is 4.60. The highest BCUT2D eigenvalue weighted by atomic mass is 16.3. The van der Waals surface area contributed by atoms with Gasteiger partial charge in [-0.25, -0.2) is 4.68 Å². The first-order valence-electron chi connectivity index (χ1n) is 11.6. The van der Waals surface area contributed by atoms with Gasteiger partial charge in [-0.1, -0.05) is 30.3 Å². The van der Waals surface area contributed by atoms with Gasteiger partial charge in [0.15, 0.2) is 5.82 Å². The van der Waals surface area contributed by atoms with Crippen LogP contribution in [0.15, 0.2) is 52.9 Å². The summed E-state index contributed by atoms with van der Waals surface area (Å²) >= 11 is 0. The fourth-order valence-corrected chi connectivity index (χ4v) is 4.73. The number of hydrogen-bond donors (Lipinski definition) is 0. The molecule has 1 aliphatic heterocycles. The van der Waals surface area contributed by atoms with Crippen molar-refractivity contribution in [1.82, 2.24) is 25.1 Å². The van der Waals surface area contributed by atoms with E-state index in [2.05, 4.69) is 90.3 Å². The fraction of sp³-hybridized carbons (Fsp3) is 0.423. The van der Waals surface area contributed by atoms with Gasteiger partial charge in [0, 0.05) is 37.3 Å². The highest BCUT2D eigenvalue weighted by molar-refractivity contribution is 5.77. The SMILES string of the molecule is Cc1ccc(C)c(N2CCN(C(c3cc4ccccc4o3)c3nnnn3C(C)(C)C)CC2)c1. The Morgan fingerprint density at radius 3 is 2.42 bits per heavy atom. The lowest BCUT2D eigenvalue weighted by Crippen LogP contribution is -2.49. The van der Waals surface area contributed by atoms with Crippen LogP contribution in [0, 0.1) is 13.8 Å². The van der Waals surface area contributed by atoms with Crippen LogP contribution in [0.25, 0.3) is 11.0 Å². The lowest BCUT2D eigenvalue weighted by Gasteiger charge is -2.40. The molecule has 5 rings (SSSR count). The van der Waals surface area contributed by atoms with Crippen molar-refractivity contribution in [2.75, 3.05) is 31.1 Å². The van der Waals surface area contributed by atoms with Gasteiger partial charge in [-0.15, -0.1) is 5.10 Å². The predicted octanol–water partition coefficient (Wildman–Crippen LogP) is 4.70. The Morgan fingerprint density at radius 2 is 1.70 bits per heavy atom. The van der Waals surface area contributed by atoms with Crippen LogP contribution in [0.4, 0.5) is 5.69 Å². The van der Waals surface area contributed by atoms with Crippen LogP contribution < -0.4 is 4.90 Å². The van der Waals surface area contributed by atoms with Gasteiger partial charge in [-0.05, 0) is 74.4 Å². The molecule has 0 radical (unpaired) electrons. The van der Waals surface area contributed by atoms with Crippen LogP contribution in [0.3, 0.4) is 0 Å². The first kappa shape index (κ1) is 21.6. The molecule has 7 heteroatoms. The molecule has 4 aromatic rings. The first-order valence-corrected chi connectivity index (χ1v) is 11.6. The van der Waals surface area contributed by atoms with E-state index in [4.69, 9.17) is 4.42 Å². The Labute approximate surface area is 195 Å². The van der Waals surface area contributed by atoms with Gasteiger partial charge in [-0.3, -0.25) is 4.90 Å². The molecule has 0 bridgehead atoms. The van der Waals surface area contributed by atoms with Crippen LogP contribution in [0.1, 0.15) is 49.5 Å². The number of nitrogens with zero attached hydrogens (tertiary/aromatic N) is 6. The number of aromatic nitrogens is 4. The van der Waals surface area contributed by atoms with Crippen molar-refractivity contribution in [3.63, 3.8) is 0 Å². The summed E-state index contributed by atoms with van der Waals surface area (Å²) in [5.74, 6) is 1.71. The summed E-state index contributed by atoms with van der Waals surface area (Å²) in [7, 11) is 0. The molecule has 2 aromatic heterocycles. The Hall–Kier alpha value is -3.19. The van der Waals surface area contributed by atoms with Gasteiger partial charge in [0.05, 0.1) is 5.54 Å².